The molecule has 2 aromatic rings. The number of carbonyl (C=O) groups is 2. The van der Waals surface area contributed by atoms with Crippen LogP contribution in [0, 0.1) is 0 Å². The van der Waals surface area contributed by atoms with Crippen molar-refractivity contribution in [2.75, 3.05) is 23.4 Å². The lowest BCUT2D eigenvalue weighted by molar-refractivity contribution is -0.113. The van der Waals surface area contributed by atoms with Crippen molar-refractivity contribution in [2.45, 2.75) is 5.75 Å². The monoisotopic (exact) mass is 363 g/mol. The van der Waals surface area contributed by atoms with Gasteiger partial charge in [0.2, 0.25) is 5.91 Å². The van der Waals surface area contributed by atoms with Crippen molar-refractivity contribution < 1.29 is 9.59 Å². The van der Waals surface area contributed by atoms with E-state index in [2.05, 4.69) is 16.0 Å². The predicted molar refractivity (Wildman–Crippen MR) is 101 cm³/mol. The molecule has 0 saturated carbocycles. The Morgan fingerprint density at radius 2 is 1.75 bits per heavy atom. The fraction of sp³-hybridized carbons (Fsp3) is 0.176. The Labute approximate surface area is 150 Å². The van der Waals surface area contributed by atoms with Gasteiger partial charge in [-0.2, -0.15) is 0 Å². The highest BCUT2D eigenvalue weighted by atomic mass is 35.5. The molecule has 0 aliphatic heterocycles. The van der Waals surface area contributed by atoms with Crippen LogP contribution < -0.4 is 16.0 Å². The maximum atomic E-state index is 12.0. The highest BCUT2D eigenvalue weighted by Crippen LogP contribution is 2.18. The van der Waals surface area contributed by atoms with Crippen molar-refractivity contribution in [3.63, 3.8) is 0 Å². The Kier molecular flexibility index (Phi) is 6.96. The zero-order valence-electron chi connectivity index (χ0n) is 13.1. The number of carbonyl (C=O) groups excluding carboxylic acids is 2. The smallest absolute Gasteiger partial charge is 0.318 e. The van der Waals surface area contributed by atoms with Gasteiger partial charge in [-0.1, -0.05) is 29.8 Å². The van der Waals surface area contributed by atoms with Gasteiger partial charge in [0, 0.05) is 29.2 Å². The number of amides is 3. The summed E-state index contributed by atoms with van der Waals surface area (Å²) in [4.78, 5) is 23.3. The number of anilines is 2. The van der Waals surface area contributed by atoms with Crippen LogP contribution >= 0.6 is 23.4 Å². The maximum Gasteiger partial charge on any atom is 0.318 e. The molecule has 126 valence electrons. The largest absolute Gasteiger partial charge is 0.341 e. The second-order valence-electron chi connectivity index (χ2n) is 4.96. The third-order valence-corrected chi connectivity index (χ3v) is 4.26. The Morgan fingerprint density at radius 3 is 2.46 bits per heavy atom. The Hall–Kier alpha value is -2.18. The fourth-order valence-corrected chi connectivity index (χ4v) is 2.94. The average Bonchev–Trinajstić information content (AvgIpc) is 2.55. The number of nitrogens with one attached hydrogen (secondary N) is 3. The second kappa shape index (κ2) is 9.20. The van der Waals surface area contributed by atoms with E-state index in [4.69, 9.17) is 11.6 Å². The highest BCUT2D eigenvalue weighted by molar-refractivity contribution is 7.99. The van der Waals surface area contributed by atoms with Crippen LogP contribution in [0.15, 0.2) is 48.5 Å². The molecule has 0 saturated heterocycles. The van der Waals surface area contributed by atoms with E-state index in [1.165, 1.54) is 18.8 Å². The highest BCUT2D eigenvalue weighted by Gasteiger charge is 2.05. The molecule has 0 aromatic heterocycles. The molecule has 0 aliphatic rings. The number of rotatable bonds is 6. The molecule has 0 fully saturated rings. The summed E-state index contributed by atoms with van der Waals surface area (Å²) in [6.07, 6.45) is 0. The summed E-state index contributed by atoms with van der Waals surface area (Å²) in [5.41, 5.74) is 2.33. The minimum atomic E-state index is -0.310. The summed E-state index contributed by atoms with van der Waals surface area (Å²) in [5, 5.41) is 8.63. The van der Waals surface area contributed by atoms with Gasteiger partial charge >= 0.3 is 6.03 Å². The van der Waals surface area contributed by atoms with Gasteiger partial charge in [-0.15, -0.1) is 11.8 Å². The number of thioether (sulfide) groups is 1. The van der Waals surface area contributed by atoms with Crippen LogP contribution in [0.4, 0.5) is 16.2 Å². The van der Waals surface area contributed by atoms with Crippen molar-refractivity contribution in [1.29, 1.82) is 0 Å². The van der Waals surface area contributed by atoms with Crippen LogP contribution in [0.1, 0.15) is 5.56 Å². The van der Waals surface area contributed by atoms with Gasteiger partial charge < -0.3 is 16.0 Å². The Morgan fingerprint density at radius 1 is 1.04 bits per heavy atom. The summed E-state index contributed by atoms with van der Waals surface area (Å²) in [6, 6.07) is 14.3. The van der Waals surface area contributed by atoms with Crippen molar-refractivity contribution >= 4 is 46.7 Å². The van der Waals surface area contributed by atoms with Crippen LogP contribution in [0.25, 0.3) is 0 Å². The quantitative estimate of drug-likeness (QED) is 0.727. The van der Waals surface area contributed by atoms with E-state index >= 15 is 0 Å². The minimum Gasteiger partial charge on any atom is -0.341 e. The number of hydrogen-bond donors (Lipinski definition) is 3. The fourth-order valence-electron chi connectivity index (χ4n) is 1.95. The predicted octanol–water partition coefficient (Wildman–Crippen LogP) is 3.96. The second-order valence-corrected chi connectivity index (χ2v) is 6.38. The molecule has 7 heteroatoms. The van der Waals surface area contributed by atoms with E-state index in [1.54, 1.807) is 24.3 Å². The molecule has 3 amide bonds. The molecule has 24 heavy (non-hydrogen) atoms. The lowest BCUT2D eigenvalue weighted by atomic mass is 10.2. The van der Waals surface area contributed by atoms with Crippen molar-refractivity contribution in [3.8, 4) is 0 Å². The first-order valence-corrected chi connectivity index (χ1v) is 8.81. The molecule has 0 unspecified atom stereocenters. The maximum absolute atomic E-state index is 12.0. The summed E-state index contributed by atoms with van der Waals surface area (Å²) in [5.74, 6) is 0.949. The Balaban J connectivity index is 1.81. The third kappa shape index (κ3) is 6.14. The van der Waals surface area contributed by atoms with Gasteiger partial charge in [-0.05, 0) is 35.9 Å². The summed E-state index contributed by atoms with van der Waals surface area (Å²) in [7, 11) is 1.54. The standard InChI is InChI=1S/C17H18ClN3O2S/c1-19-17(23)21-15-7-3-6-14(9-15)20-16(22)11-24-10-12-4-2-5-13(18)8-12/h2-9H,10-11H2,1H3,(H,20,22)(H2,19,21,23). The van der Waals surface area contributed by atoms with Gasteiger partial charge in [0.15, 0.2) is 0 Å². The van der Waals surface area contributed by atoms with Gasteiger partial charge in [0.1, 0.15) is 0 Å². The van der Waals surface area contributed by atoms with Crippen LogP contribution in [0.2, 0.25) is 5.02 Å². The zero-order valence-corrected chi connectivity index (χ0v) is 14.7. The molecule has 0 radical (unpaired) electrons. The summed E-state index contributed by atoms with van der Waals surface area (Å²) < 4.78 is 0. The number of hydrogen-bond acceptors (Lipinski definition) is 3. The molecule has 5 nitrogen and oxygen atoms in total. The molecular formula is C17H18ClN3O2S. The van der Waals surface area contributed by atoms with E-state index in [1.807, 2.05) is 24.3 Å². The molecular weight excluding hydrogens is 346 g/mol. The molecule has 0 aliphatic carbocycles. The van der Waals surface area contributed by atoms with E-state index < -0.39 is 0 Å². The SMILES string of the molecule is CNC(=O)Nc1cccc(NC(=O)CSCc2cccc(Cl)c2)c1. The molecule has 3 N–H and O–H groups in total. The van der Waals surface area contributed by atoms with E-state index in [0.29, 0.717) is 27.9 Å². The van der Waals surface area contributed by atoms with Crippen LogP contribution in [-0.2, 0) is 10.5 Å². The normalized spacial score (nSPS) is 10.1. The molecule has 0 atom stereocenters. The number of urea groups is 1. The van der Waals surface area contributed by atoms with Crippen LogP contribution in [0.5, 0.6) is 0 Å². The lowest BCUT2D eigenvalue weighted by Gasteiger charge is -2.08. The van der Waals surface area contributed by atoms with Crippen molar-refractivity contribution in [3.05, 3.63) is 59.1 Å². The lowest BCUT2D eigenvalue weighted by Crippen LogP contribution is -2.24. The van der Waals surface area contributed by atoms with Crippen molar-refractivity contribution in [2.24, 2.45) is 0 Å². The Bertz CT molecular complexity index is 724. The van der Waals surface area contributed by atoms with Crippen molar-refractivity contribution in [1.82, 2.24) is 5.32 Å². The molecule has 0 spiro atoms. The third-order valence-electron chi connectivity index (χ3n) is 3.02. The first-order chi connectivity index (χ1) is 11.6. The van der Waals surface area contributed by atoms with Crippen LogP contribution in [0.3, 0.4) is 0 Å². The van der Waals surface area contributed by atoms with Gasteiger partial charge in [0.05, 0.1) is 5.75 Å². The first kappa shape index (κ1) is 18.2. The van der Waals surface area contributed by atoms with Crippen LogP contribution in [-0.4, -0.2) is 24.7 Å². The topological polar surface area (TPSA) is 70.2 Å². The van der Waals surface area contributed by atoms with E-state index in [0.717, 1.165) is 5.56 Å². The first-order valence-electron chi connectivity index (χ1n) is 7.27. The average molecular weight is 364 g/mol. The molecule has 2 rings (SSSR count). The van der Waals surface area contributed by atoms with Gasteiger partial charge in [-0.25, -0.2) is 4.79 Å². The number of benzene rings is 2. The van der Waals surface area contributed by atoms with Gasteiger partial charge in [-0.3, -0.25) is 4.79 Å². The molecule has 0 heterocycles. The molecule has 2 aromatic carbocycles. The van der Waals surface area contributed by atoms with E-state index in [9.17, 15) is 9.59 Å². The minimum absolute atomic E-state index is 0.0980. The molecule has 0 bridgehead atoms. The van der Waals surface area contributed by atoms with Gasteiger partial charge in [0.25, 0.3) is 0 Å². The summed E-state index contributed by atoms with van der Waals surface area (Å²) in [6.45, 7) is 0. The summed E-state index contributed by atoms with van der Waals surface area (Å²) >= 11 is 7.44. The number of halogens is 1. The zero-order chi connectivity index (χ0) is 17.4. The van der Waals surface area contributed by atoms with E-state index in [-0.39, 0.29) is 11.9 Å².